The molecule has 0 aliphatic carbocycles. The lowest BCUT2D eigenvalue weighted by Gasteiger charge is -2.44. The number of fused-ring (bicyclic) bond motifs is 10. The molecule has 2 aliphatic rings. The van der Waals surface area contributed by atoms with Gasteiger partial charge in [-0.05, 0) is 129 Å². The highest BCUT2D eigenvalue weighted by atomic mass is 15.2. The molecule has 358 valence electrons. The fraction of sp³-hybridized carbons (Fsp3) is 0. The Balaban J connectivity index is 1.09. The van der Waals surface area contributed by atoms with Gasteiger partial charge in [-0.3, -0.25) is 0 Å². The van der Waals surface area contributed by atoms with Crippen molar-refractivity contribution in [1.82, 2.24) is 9.13 Å². The number of aromatic nitrogens is 2. The topological polar surface area (TPSA) is 16.3 Å². The molecule has 0 atom stereocenters. The molecule has 0 unspecified atom stereocenters. The maximum atomic E-state index is 9.72. The van der Waals surface area contributed by atoms with Crippen LogP contribution in [-0.2, 0) is 0 Å². The molecule has 2 aromatic heterocycles. The van der Waals surface area contributed by atoms with E-state index in [0.717, 1.165) is 61.1 Å². The van der Waals surface area contributed by atoms with E-state index in [1.165, 1.54) is 9.13 Å². The van der Waals surface area contributed by atoms with E-state index in [1.54, 1.807) is 0 Å². The molecule has 0 spiro atoms. The molecule has 14 aromatic rings. The highest BCUT2D eigenvalue weighted by molar-refractivity contribution is 7.00. The van der Waals surface area contributed by atoms with Gasteiger partial charge in [-0.15, -0.1) is 0 Å². The maximum absolute atomic E-state index is 9.72. The van der Waals surface area contributed by atoms with Gasteiger partial charge in [0.1, 0.15) is 0 Å². The van der Waals surface area contributed by atoms with Gasteiger partial charge < -0.3 is 18.9 Å². The van der Waals surface area contributed by atoms with Crippen molar-refractivity contribution in [3.05, 3.63) is 285 Å². The molecule has 4 nitrogen and oxygen atoms in total. The molecule has 16 rings (SSSR count). The zero-order valence-electron chi connectivity index (χ0n) is 56.8. The number of rotatable bonds is 7. The number of nitrogens with zero attached hydrogens (tertiary/aromatic N) is 4. The molecular weight excluding hydrogens is 932 g/mol. The number of hydrogen-bond acceptors (Lipinski definition) is 2. The lowest BCUT2D eigenvalue weighted by atomic mass is 9.33. The van der Waals surface area contributed by atoms with E-state index in [2.05, 4.69) is 29.2 Å². The van der Waals surface area contributed by atoms with Gasteiger partial charge >= 0.3 is 0 Å². The van der Waals surface area contributed by atoms with E-state index in [-0.39, 0.29) is 55.0 Å². The summed E-state index contributed by atoms with van der Waals surface area (Å²) in [6.45, 7) is -0.652. The summed E-state index contributed by atoms with van der Waals surface area (Å²) < 4.78 is 151. The smallest absolute Gasteiger partial charge is 0.252 e. The number of hydrogen-bond donors (Lipinski definition) is 0. The first-order chi connectivity index (χ1) is 44.9. The largest absolute Gasteiger partial charge is 0.311 e. The van der Waals surface area contributed by atoms with Gasteiger partial charge in [0.2, 0.25) is 0 Å². The van der Waals surface area contributed by atoms with Crippen molar-refractivity contribution < 1.29 is 21.9 Å². The Labute approximate surface area is 469 Å². The van der Waals surface area contributed by atoms with E-state index in [1.807, 2.05) is 169 Å². The number of para-hydroxylation sites is 4. The molecule has 0 saturated carbocycles. The third-order valence-electron chi connectivity index (χ3n) is 15.2. The highest BCUT2D eigenvalue weighted by Crippen LogP contribution is 2.48. The molecule has 4 heterocycles. The minimum absolute atomic E-state index is 0.0631. The molecule has 5 heteroatoms. The predicted molar refractivity (Wildman–Crippen MR) is 325 cm³/mol. The molecule has 0 N–H and O–H groups in total. The van der Waals surface area contributed by atoms with E-state index < -0.39 is 103 Å². The van der Waals surface area contributed by atoms with Crippen LogP contribution in [0.2, 0.25) is 0 Å². The Hall–Kier alpha value is -10.1. The monoisotopic (exact) mass is 994 g/mol. The van der Waals surface area contributed by atoms with Gasteiger partial charge in [0.15, 0.2) is 0 Å². The zero-order valence-corrected chi connectivity index (χ0v) is 40.8. The summed E-state index contributed by atoms with van der Waals surface area (Å²) in [6.07, 6.45) is 0. The molecule has 0 radical (unpaired) electrons. The molecule has 0 amide bonds. The van der Waals surface area contributed by atoms with Crippen LogP contribution in [0, 0.1) is 0 Å². The van der Waals surface area contributed by atoms with Gasteiger partial charge in [-0.1, -0.05) is 206 Å². The van der Waals surface area contributed by atoms with Crippen LogP contribution in [0.15, 0.2) is 285 Å². The van der Waals surface area contributed by atoms with Crippen molar-refractivity contribution in [2.45, 2.75) is 0 Å². The minimum atomic E-state index is -0.652. The molecule has 12 aromatic carbocycles. The van der Waals surface area contributed by atoms with Gasteiger partial charge in [-0.25, -0.2) is 0 Å². The van der Waals surface area contributed by atoms with Crippen LogP contribution < -0.4 is 26.2 Å². The SMILES string of the molecule is [2H]c1c([2H])c([2H])c2c(c1[2H])c1c([2H])c([2H])c([2H])c([2H])c1n2-c1ccc2c(c1)N(c1ccc(-c3ccccc3)cc1)c1cc(-n3c4c([2H])c([2H])c([2H])c([2H])c4c4c([2H])c([2H])c([2H])c([2H])c43)cc3c1B2c1cc(-c2ccccc2)ccc1N3c1cccc(-c2ccccc2)c1. The molecule has 0 saturated heterocycles. The second-order valence-electron chi connectivity index (χ2n) is 19.3. The Kier molecular flexibility index (Phi) is 6.79. The molecule has 0 fully saturated rings. The first-order valence-corrected chi connectivity index (χ1v) is 25.3. The van der Waals surface area contributed by atoms with Crippen LogP contribution >= 0.6 is 0 Å². The fourth-order valence-electron chi connectivity index (χ4n) is 11.9. The van der Waals surface area contributed by atoms with E-state index >= 15 is 0 Å². The van der Waals surface area contributed by atoms with Gasteiger partial charge in [0.25, 0.3) is 6.71 Å². The Morgan fingerprint density at radius 1 is 0.273 bits per heavy atom. The molecule has 77 heavy (non-hydrogen) atoms. The van der Waals surface area contributed by atoms with Crippen molar-refractivity contribution in [3.63, 3.8) is 0 Å². The first kappa shape index (κ1) is 30.3. The summed E-state index contributed by atoms with van der Waals surface area (Å²) in [5.74, 6) is 0. The normalized spacial score (nSPS) is 15.5. The molecule has 2 aliphatic heterocycles. The van der Waals surface area contributed by atoms with Crippen LogP contribution in [0.4, 0.5) is 34.1 Å². The summed E-state index contributed by atoms with van der Waals surface area (Å²) in [7, 11) is 0. The lowest BCUT2D eigenvalue weighted by Crippen LogP contribution is -2.61. The van der Waals surface area contributed by atoms with Crippen LogP contribution in [0.1, 0.15) is 21.9 Å². The first-order valence-electron chi connectivity index (χ1n) is 33.3. The van der Waals surface area contributed by atoms with Crippen molar-refractivity contribution in [2.24, 2.45) is 0 Å². The Morgan fingerprint density at radius 2 is 0.688 bits per heavy atom. The second-order valence-corrected chi connectivity index (χ2v) is 19.3. The second kappa shape index (κ2) is 17.2. The average molecular weight is 995 g/mol. The van der Waals surface area contributed by atoms with Crippen molar-refractivity contribution in [2.75, 3.05) is 9.80 Å². The van der Waals surface area contributed by atoms with Crippen molar-refractivity contribution in [3.8, 4) is 44.8 Å². The van der Waals surface area contributed by atoms with Gasteiger partial charge in [-0.2, -0.15) is 0 Å². The van der Waals surface area contributed by atoms with Crippen molar-refractivity contribution >= 4 is 101 Å². The standard InChI is InChI=1S/C72H47BN4/c1-4-19-48(20-5-1)51-35-38-54(39-36-51)74-69-45-56(75-64-31-14-10-27-58(64)59-28-11-15-32-65(59)75)40-41-62(69)73-63-44-53(50-23-8-3-9-24-50)37-42-68(63)76(55-26-18-25-52(43-55)49-21-6-2-7-22-49)71-47-57(46-70(74)72(71)73)77-66-33-16-12-29-60(66)61-30-13-17-34-67(61)77/h1-47H/i10D,11D,12D,13D,14D,15D,16D,17D,27D,28D,29D,30D,31D,32D,33D,34D. The summed E-state index contributed by atoms with van der Waals surface area (Å²) in [5.41, 5.74) is 12.1. The predicted octanol–water partition coefficient (Wildman–Crippen LogP) is 17.0. The summed E-state index contributed by atoms with van der Waals surface area (Å²) in [6, 6.07) is 53.4. The number of anilines is 6. The third-order valence-corrected chi connectivity index (χ3v) is 15.2. The van der Waals surface area contributed by atoms with Gasteiger partial charge in [0.05, 0.1) is 49.7 Å². The van der Waals surface area contributed by atoms with Crippen LogP contribution in [-0.4, -0.2) is 15.8 Å². The van der Waals surface area contributed by atoms with Gasteiger partial charge in [0, 0.05) is 61.4 Å². The Bertz CT molecular complexity index is 5450. The summed E-state index contributed by atoms with van der Waals surface area (Å²) in [5, 5.41) is -0.350. The lowest BCUT2D eigenvalue weighted by molar-refractivity contribution is 1.15. The number of benzene rings is 12. The average Bonchev–Trinajstić information content (AvgIpc) is 1.69. The van der Waals surface area contributed by atoms with E-state index in [9.17, 15) is 11.0 Å². The van der Waals surface area contributed by atoms with E-state index in [4.69, 9.17) is 11.0 Å². The highest BCUT2D eigenvalue weighted by Gasteiger charge is 2.44. The maximum Gasteiger partial charge on any atom is 0.252 e. The quantitative estimate of drug-likeness (QED) is 0.148. The van der Waals surface area contributed by atoms with Crippen molar-refractivity contribution in [1.29, 1.82) is 0 Å². The summed E-state index contributed by atoms with van der Waals surface area (Å²) >= 11 is 0. The van der Waals surface area contributed by atoms with E-state index in [0.29, 0.717) is 22.7 Å². The molecular formula is C72H47BN4. The minimum Gasteiger partial charge on any atom is -0.311 e. The zero-order chi connectivity index (χ0) is 64.5. The fourth-order valence-corrected chi connectivity index (χ4v) is 11.9. The third kappa shape index (κ3) is 6.74. The van der Waals surface area contributed by atoms with Crippen LogP contribution in [0.25, 0.3) is 88.4 Å². The van der Waals surface area contributed by atoms with Crippen LogP contribution in [0.5, 0.6) is 0 Å². The van der Waals surface area contributed by atoms with Crippen LogP contribution in [0.3, 0.4) is 0 Å². The summed E-state index contributed by atoms with van der Waals surface area (Å²) in [4.78, 5) is 4.22. The molecule has 0 bridgehead atoms. The Morgan fingerprint density at radius 3 is 1.23 bits per heavy atom.